The minimum atomic E-state index is 0.0494. The van der Waals surface area contributed by atoms with Crippen LogP contribution in [0.1, 0.15) is 6.42 Å². The molecule has 0 aromatic carbocycles. The maximum absolute atomic E-state index is 5.78. The lowest BCUT2D eigenvalue weighted by atomic mass is 10.1. The SMILES string of the molecule is C=CCO[C@@H]1CN(N2C=CC(N)=NC2)CC[C@@H]1OC. The van der Waals surface area contributed by atoms with Crippen molar-refractivity contribution < 1.29 is 9.47 Å². The smallest absolute Gasteiger partial charge is 0.126 e. The number of methoxy groups -OCH3 is 1. The summed E-state index contributed by atoms with van der Waals surface area (Å²) in [5, 5.41) is 4.28. The number of hydrazine groups is 1. The number of hydrogen-bond acceptors (Lipinski definition) is 6. The zero-order chi connectivity index (χ0) is 13.7. The zero-order valence-electron chi connectivity index (χ0n) is 11.4. The van der Waals surface area contributed by atoms with Crippen LogP contribution >= 0.6 is 0 Å². The molecule has 0 bridgehead atoms. The van der Waals surface area contributed by atoms with Crippen LogP contribution in [0.15, 0.2) is 29.9 Å². The molecule has 0 spiro atoms. The standard InChI is InChI=1S/C13H22N4O2/c1-3-8-19-12-9-16(6-4-11(12)18-2)17-7-5-13(14)15-10-17/h3,5,7,11-12H,1,4,6,8-10H2,2H3,(H2,14,15)/t11-,12+/m0/s1. The van der Waals surface area contributed by atoms with Gasteiger partial charge in [-0.3, -0.25) is 5.01 Å². The Morgan fingerprint density at radius 1 is 1.58 bits per heavy atom. The van der Waals surface area contributed by atoms with Gasteiger partial charge < -0.3 is 15.2 Å². The van der Waals surface area contributed by atoms with Crippen LogP contribution in [0, 0.1) is 0 Å². The van der Waals surface area contributed by atoms with Crippen LogP contribution in [0.2, 0.25) is 0 Å². The fourth-order valence-corrected chi connectivity index (χ4v) is 2.33. The molecule has 6 nitrogen and oxygen atoms in total. The van der Waals surface area contributed by atoms with E-state index in [4.69, 9.17) is 15.2 Å². The monoisotopic (exact) mass is 266 g/mol. The Morgan fingerprint density at radius 3 is 3.05 bits per heavy atom. The number of amidine groups is 1. The highest BCUT2D eigenvalue weighted by molar-refractivity contribution is 5.91. The van der Waals surface area contributed by atoms with Crippen molar-refractivity contribution >= 4 is 5.84 Å². The average Bonchev–Trinajstić information content (AvgIpc) is 2.45. The molecule has 0 aromatic heterocycles. The van der Waals surface area contributed by atoms with Crippen molar-refractivity contribution in [1.82, 2.24) is 10.0 Å². The van der Waals surface area contributed by atoms with Crippen LogP contribution in [0.4, 0.5) is 0 Å². The number of rotatable bonds is 5. The van der Waals surface area contributed by atoms with E-state index in [-0.39, 0.29) is 12.2 Å². The first kappa shape index (κ1) is 14.0. The summed E-state index contributed by atoms with van der Waals surface area (Å²) in [7, 11) is 1.73. The molecule has 2 aliphatic heterocycles. The Morgan fingerprint density at radius 2 is 2.42 bits per heavy atom. The van der Waals surface area contributed by atoms with E-state index >= 15 is 0 Å². The summed E-state index contributed by atoms with van der Waals surface area (Å²) in [5.74, 6) is 0.572. The second-order valence-corrected chi connectivity index (χ2v) is 4.62. The third-order valence-corrected chi connectivity index (χ3v) is 3.39. The number of hydrogen-bond donors (Lipinski definition) is 1. The summed E-state index contributed by atoms with van der Waals surface area (Å²) in [6.07, 6.45) is 6.65. The number of aliphatic imine (C=N–C) groups is 1. The van der Waals surface area contributed by atoms with Crippen LogP contribution in [0.5, 0.6) is 0 Å². The highest BCUT2D eigenvalue weighted by Crippen LogP contribution is 2.19. The van der Waals surface area contributed by atoms with Crippen LogP contribution in [0.25, 0.3) is 0 Å². The fraction of sp³-hybridized carbons (Fsp3) is 0.615. The molecule has 6 heteroatoms. The predicted octanol–water partition coefficient (Wildman–Crippen LogP) is 0.337. The predicted molar refractivity (Wildman–Crippen MR) is 74.4 cm³/mol. The first-order chi connectivity index (χ1) is 9.24. The fourth-order valence-electron chi connectivity index (χ4n) is 2.33. The van der Waals surface area contributed by atoms with Gasteiger partial charge in [0.1, 0.15) is 12.5 Å². The molecule has 0 radical (unpaired) electrons. The van der Waals surface area contributed by atoms with Crippen molar-refractivity contribution in [2.75, 3.05) is 33.5 Å². The Hall–Kier alpha value is -1.37. The Balaban J connectivity index is 1.93. The first-order valence-corrected chi connectivity index (χ1v) is 6.49. The molecule has 0 saturated carbocycles. The van der Waals surface area contributed by atoms with E-state index in [0.717, 1.165) is 19.5 Å². The van der Waals surface area contributed by atoms with E-state index in [0.29, 0.717) is 19.1 Å². The molecule has 2 aliphatic rings. The number of ether oxygens (including phenoxy) is 2. The average molecular weight is 266 g/mol. The van der Waals surface area contributed by atoms with E-state index in [1.54, 1.807) is 13.2 Å². The minimum absolute atomic E-state index is 0.0494. The molecule has 2 rings (SSSR count). The molecule has 106 valence electrons. The second kappa shape index (κ2) is 6.70. The third kappa shape index (κ3) is 3.56. The van der Waals surface area contributed by atoms with Gasteiger partial charge in [0, 0.05) is 26.4 Å². The van der Waals surface area contributed by atoms with Crippen molar-refractivity contribution in [3.63, 3.8) is 0 Å². The lowest BCUT2D eigenvalue weighted by Gasteiger charge is -2.42. The quantitative estimate of drug-likeness (QED) is 0.727. The van der Waals surface area contributed by atoms with Crippen molar-refractivity contribution in [1.29, 1.82) is 0 Å². The molecule has 2 heterocycles. The van der Waals surface area contributed by atoms with Gasteiger partial charge in [0.25, 0.3) is 0 Å². The topological polar surface area (TPSA) is 63.3 Å². The number of nitrogens with two attached hydrogens (primary N) is 1. The summed E-state index contributed by atoms with van der Waals surface area (Å²) < 4.78 is 11.3. The van der Waals surface area contributed by atoms with Gasteiger partial charge in [-0.05, 0) is 12.5 Å². The molecule has 0 amide bonds. The van der Waals surface area contributed by atoms with Gasteiger partial charge in [-0.1, -0.05) is 6.08 Å². The molecule has 0 aromatic rings. The minimum Gasteiger partial charge on any atom is -0.384 e. The highest BCUT2D eigenvalue weighted by Gasteiger charge is 2.32. The third-order valence-electron chi connectivity index (χ3n) is 3.39. The van der Waals surface area contributed by atoms with E-state index in [1.165, 1.54) is 0 Å². The largest absolute Gasteiger partial charge is 0.384 e. The summed E-state index contributed by atoms with van der Waals surface area (Å²) >= 11 is 0. The van der Waals surface area contributed by atoms with Gasteiger partial charge >= 0.3 is 0 Å². The van der Waals surface area contributed by atoms with Crippen LogP contribution in [-0.4, -0.2) is 61.5 Å². The van der Waals surface area contributed by atoms with Gasteiger partial charge in [0.2, 0.25) is 0 Å². The molecular formula is C13H22N4O2. The van der Waals surface area contributed by atoms with Gasteiger partial charge in [0.15, 0.2) is 0 Å². The summed E-state index contributed by atoms with van der Waals surface area (Å²) in [5.41, 5.74) is 5.63. The molecule has 1 fully saturated rings. The van der Waals surface area contributed by atoms with Crippen LogP contribution in [0.3, 0.4) is 0 Å². The van der Waals surface area contributed by atoms with Crippen LogP contribution < -0.4 is 5.73 Å². The van der Waals surface area contributed by atoms with E-state index in [9.17, 15) is 0 Å². The number of nitrogens with zero attached hydrogens (tertiary/aromatic N) is 3. The zero-order valence-corrected chi connectivity index (χ0v) is 11.4. The van der Waals surface area contributed by atoms with Crippen molar-refractivity contribution in [3.05, 3.63) is 24.9 Å². The molecule has 0 unspecified atom stereocenters. The van der Waals surface area contributed by atoms with Gasteiger partial charge in [-0.25, -0.2) is 10.0 Å². The second-order valence-electron chi connectivity index (χ2n) is 4.62. The highest BCUT2D eigenvalue weighted by atomic mass is 16.5. The van der Waals surface area contributed by atoms with Gasteiger partial charge in [-0.2, -0.15) is 0 Å². The molecule has 19 heavy (non-hydrogen) atoms. The first-order valence-electron chi connectivity index (χ1n) is 6.49. The lowest BCUT2D eigenvalue weighted by Crippen LogP contribution is -2.54. The molecule has 2 atom stereocenters. The Kier molecular flexibility index (Phi) is 4.95. The Labute approximate surface area is 114 Å². The van der Waals surface area contributed by atoms with Crippen molar-refractivity contribution in [2.24, 2.45) is 10.7 Å². The van der Waals surface area contributed by atoms with Gasteiger partial charge in [0.05, 0.1) is 18.8 Å². The summed E-state index contributed by atoms with van der Waals surface area (Å²) in [6.45, 7) is 6.49. The van der Waals surface area contributed by atoms with E-state index in [2.05, 4.69) is 21.6 Å². The molecule has 0 aliphatic carbocycles. The van der Waals surface area contributed by atoms with Crippen LogP contribution in [-0.2, 0) is 9.47 Å². The normalized spacial score (nSPS) is 28.3. The van der Waals surface area contributed by atoms with E-state index in [1.807, 2.05) is 12.3 Å². The lowest BCUT2D eigenvalue weighted by molar-refractivity contribution is -0.128. The number of piperidine rings is 1. The summed E-state index contributed by atoms with van der Waals surface area (Å²) in [6, 6.07) is 0. The van der Waals surface area contributed by atoms with E-state index < -0.39 is 0 Å². The van der Waals surface area contributed by atoms with Crippen molar-refractivity contribution in [3.8, 4) is 0 Å². The maximum Gasteiger partial charge on any atom is 0.126 e. The van der Waals surface area contributed by atoms with Crippen molar-refractivity contribution in [2.45, 2.75) is 18.6 Å². The molecular weight excluding hydrogens is 244 g/mol. The maximum atomic E-state index is 5.78. The van der Waals surface area contributed by atoms with Gasteiger partial charge in [-0.15, -0.1) is 6.58 Å². The Bertz CT molecular complexity index is 370. The summed E-state index contributed by atoms with van der Waals surface area (Å²) in [4.78, 5) is 4.22. The molecule has 2 N–H and O–H groups in total. The molecule has 1 saturated heterocycles.